The lowest BCUT2D eigenvalue weighted by atomic mass is 9.88. The van der Waals surface area contributed by atoms with E-state index in [1.807, 2.05) is 11.9 Å². The van der Waals surface area contributed by atoms with Crippen molar-refractivity contribution in [2.24, 2.45) is 17.6 Å². The van der Waals surface area contributed by atoms with Gasteiger partial charge in [0.05, 0.1) is 0 Å². The highest BCUT2D eigenvalue weighted by Gasteiger charge is 2.24. The molecular formula is C16H33N3O. The molecule has 1 rings (SSSR count). The maximum Gasteiger partial charge on any atom is 0.222 e. The van der Waals surface area contributed by atoms with Gasteiger partial charge in [0.1, 0.15) is 0 Å². The molecule has 1 heterocycles. The van der Waals surface area contributed by atoms with Crippen molar-refractivity contribution in [3.05, 3.63) is 0 Å². The van der Waals surface area contributed by atoms with E-state index in [4.69, 9.17) is 5.73 Å². The average molecular weight is 283 g/mol. The van der Waals surface area contributed by atoms with E-state index >= 15 is 0 Å². The number of amides is 1. The van der Waals surface area contributed by atoms with Gasteiger partial charge in [-0.15, -0.1) is 0 Å². The molecule has 0 saturated carbocycles. The van der Waals surface area contributed by atoms with E-state index in [0.717, 1.165) is 45.3 Å². The second-order valence-corrected chi connectivity index (χ2v) is 6.66. The molecule has 20 heavy (non-hydrogen) atoms. The minimum absolute atomic E-state index is 0.308. The number of carbonyl (C=O) groups excluding carboxylic acids is 1. The highest BCUT2D eigenvalue weighted by molar-refractivity contribution is 5.76. The van der Waals surface area contributed by atoms with Crippen LogP contribution >= 0.6 is 0 Å². The smallest absolute Gasteiger partial charge is 0.222 e. The molecule has 1 unspecified atom stereocenters. The van der Waals surface area contributed by atoms with Crippen molar-refractivity contribution in [3.8, 4) is 0 Å². The Labute approximate surface area is 124 Å². The summed E-state index contributed by atoms with van der Waals surface area (Å²) in [6, 6.07) is 0.436. The standard InChI is InChI=1S/C16H33N3O/c1-13(2)14(7-10-17)5-6-16(20)19(4)15-8-11-18(3)12-9-15/h13-15H,5-12,17H2,1-4H3. The first-order valence-corrected chi connectivity index (χ1v) is 8.10. The summed E-state index contributed by atoms with van der Waals surface area (Å²) in [5.41, 5.74) is 5.66. The zero-order chi connectivity index (χ0) is 15.1. The maximum absolute atomic E-state index is 12.3. The lowest BCUT2D eigenvalue weighted by Gasteiger charge is -2.35. The second kappa shape index (κ2) is 8.63. The Morgan fingerprint density at radius 3 is 2.40 bits per heavy atom. The van der Waals surface area contributed by atoms with Crippen LogP contribution in [0.25, 0.3) is 0 Å². The molecule has 1 aliphatic rings. The molecule has 1 amide bonds. The molecule has 0 aliphatic carbocycles. The Morgan fingerprint density at radius 2 is 1.90 bits per heavy atom. The second-order valence-electron chi connectivity index (χ2n) is 6.66. The van der Waals surface area contributed by atoms with Crippen molar-refractivity contribution in [2.45, 2.75) is 52.0 Å². The van der Waals surface area contributed by atoms with Gasteiger partial charge in [-0.25, -0.2) is 0 Å². The summed E-state index contributed by atoms with van der Waals surface area (Å²) < 4.78 is 0. The van der Waals surface area contributed by atoms with Crippen LogP contribution in [0.2, 0.25) is 0 Å². The van der Waals surface area contributed by atoms with Crippen molar-refractivity contribution in [2.75, 3.05) is 33.7 Å². The third-order valence-corrected chi connectivity index (χ3v) is 4.84. The van der Waals surface area contributed by atoms with Gasteiger partial charge >= 0.3 is 0 Å². The first-order valence-electron chi connectivity index (χ1n) is 8.10. The van der Waals surface area contributed by atoms with Crippen LogP contribution in [0.15, 0.2) is 0 Å². The van der Waals surface area contributed by atoms with Gasteiger partial charge in [0.2, 0.25) is 5.91 Å². The SMILES string of the molecule is CC(C)C(CCN)CCC(=O)N(C)C1CCN(C)CC1. The summed E-state index contributed by atoms with van der Waals surface area (Å²) in [6.45, 7) is 7.38. The lowest BCUT2D eigenvalue weighted by molar-refractivity contribution is -0.133. The molecule has 0 radical (unpaired) electrons. The van der Waals surface area contributed by atoms with E-state index in [2.05, 4.69) is 25.8 Å². The zero-order valence-electron chi connectivity index (χ0n) is 13.8. The third kappa shape index (κ3) is 5.41. The first-order chi connectivity index (χ1) is 9.45. The minimum Gasteiger partial charge on any atom is -0.343 e. The van der Waals surface area contributed by atoms with Crippen molar-refractivity contribution < 1.29 is 4.79 Å². The molecule has 0 bridgehead atoms. The van der Waals surface area contributed by atoms with Gasteiger partial charge in [-0.1, -0.05) is 13.8 Å². The quantitative estimate of drug-likeness (QED) is 0.777. The van der Waals surface area contributed by atoms with Crippen LogP contribution in [0.1, 0.15) is 46.0 Å². The molecule has 0 aromatic heterocycles. The van der Waals surface area contributed by atoms with Gasteiger partial charge in [0.25, 0.3) is 0 Å². The fraction of sp³-hybridized carbons (Fsp3) is 0.938. The van der Waals surface area contributed by atoms with Crippen LogP contribution in [-0.4, -0.2) is 55.5 Å². The molecule has 1 atom stereocenters. The maximum atomic E-state index is 12.3. The van der Waals surface area contributed by atoms with Gasteiger partial charge in [-0.3, -0.25) is 4.79 Å². The lowest BCUT2D eigenvalue weighted by Crippen LogP contribution is -2.44. The van der Waals surface area contributed by atoms with Crippen LogP contribution < -0.4 is 5.73 Å². The molecule has 0 aromatic rings. The Balaban J connectivity index is 2.37. The number of nitrogens with two attached hydrogens (primary N) is 1. The summed E-state index contributed by atoms with van der Waals surface area (Å²) in [7, 11) is 4.13. The van der Waals surface area contributed by atoms with Gasteiger partial charge in [0.15, 0.2) is 0 Å². The van der Waals surface area contributed by atoms with Crippen LogP contribution in [0, 0.1) is 11.8 Å². The largest absolute Gasteiger partial charge is 0.343 e. The highest BCUT2D eigenvalue weighted by atomic mass is 16.2. The Morgan fingerprint density at radius 1 is 1.30 bits per heavy atom. The molecule has 1 aliphatic heterocycles. The van der Waals surface area contributed by atoms with E-state index in [1.54, 1.807) is 0 Å². The molecule has 1 saturated heterocycles. The number of rotatable bonds is 7. The van der Waals surface area contributed by atoms with Crippen LogP contribution in [0.5, 0.6) is 0 Å². The Hall–Kier alpha value is -0.610. The fourth-order valence-corrected chi connectivity index (χ4v) is 3.10. The number of hydrogen-bond acceptors (Lipinski definition) is 3. The molecule has 1 fully saturated rings. The number of carbonyl (C=O) groups is 1. The number of likely N-dealkylation sites (tertiary alicyclic amines) is 1. The van der Waals surface area contributed by atoms with Gasteiger partial charge < -0.3 is 15.5 Å². The van der Waals surface area contributed by atoms with E-state index in [-0.39, 0.29) is 0 Å². The monoisotopic (exact) mass is 283 g/mol. The molecule has 4 heteroatoms. The third-order valence-electron chi connectivity index (χ3n) is 4.84. The van der Waals surface area contributed by atoms with Crippen LogP contribution in [0.3, 0.4) is 0 Å². The molecule has 0 spiro atoms. The van der Waals surface area contributed by atoms with Crippen molar-refractivity contribution in [1.29, 1.82) is 0 Å². The number of nitrogens with zero attached hydrogens (tertiary/aromatic N) is 2. The molecule has 0 aromatic carbocycles. The molecule has 2 N–H and O–H groups in total. The number of piperidine rings is 1. The summed E-state index contributed by atoms with van der Waals surface area (Å²) >= 11 is 0. The van der Waals surface area contributed by atoms with E-state index in [9.17, 15) is 4.79 Å². The van der Waals surface area contributed by atoms with Crippen molar-refractivity contribution >= 4 is 5.91 Å². The summed E-state index contributed by atoms with van der Waals surface area (Å²) in [6.07, 6.45) is 4.89. The zero-order valence-corrected chi connectivity index (χ0v) is 13.8. The van der Waals surface area contributed by atoms with Crippen LogP contribution in [0.4, 0.5) is 0 Å². The Kier molecular flexibility index (Phi) is 7.52. The molecule has 4 nitrogen and oxygen atoms in total. The highest BCUT2D eigenvalue weighted by Crippen LogP contribution is 2.22. The van der Waals surface area contributed by atoms with Gasteiger partial charge in [-0.2, -0.15) is 0 Å². The fourth-order valence-electron chi connectivity index (χ4n) is 3.10. The van der Waals surface area contributed by atoms with Crippen molar-refractivity contribution in [3.63, 3.8) is 0 Å². The van der Waals surface area contributed by atoms with Crippen molar-refractivity contribution in [1.82, 2.24) is 9.80 Å². The molecular weight excluding hydrogens is 250 g/mol. The Bertz CT molecular complexity index is 285. The predicted octanol–water partition coefficient (Wildman–Crippen LogP) is 1.94. The normalized spacial score (nSPS) is 19.3. The number of hydrogen-bond donors (Lipinski definition) is 1. The summed E-state index contributed by atoms with van der Waals surface area (Å²) in [5, 5.41) is 0. The molecule has 118 valence electrons. The summed E-state index contributed by atoms with van der Waals surface area (Å²) in [5.74, 6) is 1.50. The van der Waals surface area contributed by atoms with Crippen LogP contribution in [-0.2, 0) is 4.79 Å². The van der Waals surface area contributed by atoms with Gasteiger partial charge in [0, 0.05) is 19.5 Å². The van der Waals surface area contributed by atoms with E-state index in [0.29, 0.717) is 30.2 Å². The topological polar surface area (TPSA) is 49.6 Å². The first kappa shape index (κ1) is 17.4. The minimum atomic E-state index is 0.308. The average Bonchev–Trinajstić information content (AvgIpc) is 2.42. The summed E-state index contributed by atoms with van der Waals surface area (Å²) in [4.78, 5) is 16.7. The van der Waals surface area contributed by atoms with Gasteiger partial charge in [-0.05, 0) is 64.2 Å². The van der Waals surface area contributed by atoms with E-state index < -0.39 is 0 Å². The predicted molar refractivity (Wildman–Crippen MR) is 84.5 cm³/mol. The van der Waals surface area contributed by atoms with E-state index in [1.165, 1.54) is 0 Å².